The SMILES string of the molecule is COc1ccc(NS(=O)(=O)c2cc(S(=O)(=O)Nc3ccc(OC)cc3)c(C)cc2C)cc1. The molecule has 0 radical (unpaired) electrons. The lowest BCUT2D eigenvalue weighted by molar-refractivity contribution is 0.415. The van der Waals surface area contributed by atoms with Crippen molar-refractivity contribution in [1.82, 2.24) is 0 Å². The molecule has 0 aliphatic heterocycles. The van der Waals surface area contributed by atoms with Crippen molar-refractivity contribution < 1.29 is 26.3 Å². The molecule has 3 aromatic rings. The molecular formula is C22H24N2O6S2. The maximum atomic E-state index is 13.0. The van der Waals surface area contributed by atoms with Crippen LogP contribution in [0.1, 0.15) is 11.1 Å². The van der Waals surface area contributed by atoms with Gasteiger partial charge in [0.1, 0.15) is 11.5 Å². The smallest absolute Gasteiger partial charge is 0.262 e. The van der Waals surface area contributed by atoms with Crippen LogP contribution < -0.4 is 18.9 Å². The second kappa shape index (κ2) is 9.09. The summed E-state index contributed by atoms with van der Waals surface area (Å²) in [6.07, 6.45) is 0. The monoisotopic (exact) mass is 476 g/mol. The Morgan fingerprint density at radius 1 is 0.594 bits per heavy atom. The third-order valence-corrected chi connectivity index (χ3v) is 7.78. The maximum Gasteiger partial charge on any atom is 0.262 e. The zero-order valence-electron chi connectivity index (χ0n) is 18.0. The molecule has 0 heterocycles. The molecule has 10 heteroatoms. The number of aryl methyl sites for hydroxylation is 2. The molecule has 0 saturated carbocycles. The zero-order chi connectivity index (χ0) is 23.5. The van der Waals surface area contributed by atoms with E-state index in [9.17, 15) is 16.8 Å². The average molecular weight is 477 g/mol. The molecule has 3 rings (SSSR count). The summed E-state index contributed by atoms with van der Waals surface area (Å²) in [5.41, 5.74) is 1.50. The average Bonchev–Trinajstić information content (AvgIpc) is 2.74. The van der Waals surface area contributed by atoms with Gasteiger partial charge in [0.25, 0.3) is 20.0 Å². The van der Waals surface area contributed by atoms with Gasteiger partial charge in [-0.1, -0.05) is 6.07 Å². The minimum atomic E-state index is -4.04. The Hall–Kier alpha value is -3.24. The molecule has 2 N–H and O–H groups in total. The Balaban J connectivity index is 1.96. The summed E-state index contributed by atoms with van der Waals surface area (Å²) in [7, 11) is -5.07. The van der Waals surface area contributed by atoms with Crippen LogP contribution in [-0.4, -0.2) is 31.1 Å². The van der Waals surface area contributed by atoms with Crippen LogP contribution in [0.25, 0.3) is 0 Å². The van der Waals surface area contributed by atoms with Crippen molar-refractivity contribution in [2.24, 2.45) is 0 Å². The summed E-state index contributed by atoms with van der Waals surface area (Å²) in [6, 6.07) is 15.4. The summed E-state index contributed by atoms with van der Waals surface area (Å²) in [6.45, 7) is 3.23. The van der Waals surface area contributed by atoms with Crippen molar-refractivity contribution in [2.75, 3.05) is 23.7 Å². The van der Waals surface area contributed by atoms with E-state index in [2.05, 4.69) is 9.44 Å². The van der Waals surface area contributed by atoms with E-state index < -0.39 is 20.0 Å². The second-order valence-corrected chi connectivity index (χ2v) is 10.4. The summed E-state index contributed by atoms with van der Waals surface area (Å²) in [5.74, 6) is 1.16. The Morgan fingerprint density at radius 2 is 0.938 bits per heavy atom. The van der Waals surface area contributed by atoms with Gasteiger partial charge in [-0.15, -0.1) is 0 Å². The van der Waals surface area contributed by atoms with Gasteiger partial charge in [-0.25, -0.2) is 16.8 Å². The summed E-state index contributed by atoms with van der Waals surface area (Å²) >= 11 is 0. The molecule has 8 nitrogen and oxygen atoms in total. The molecule has 3 aromatic carbocycles. The number of ether oxygens (including phenoxy) is 2. The van der Waals surface area contributed by atoms with Crippen molar-refractivity contribution in [2.45, 2.75) is 23.6 Å². The third kappa shape index (κ3) is 5.14. The highest BCUT2D eigenvalue weighted by Gasteiger charge is 2.24. The molecule has 0 spiro atoms. The molecular weight excluding hydrogens is 452 g/mol. The van der Waals surface area contributed by atoms with E-state index in [1.165, 1.54) is 26.4 Å². The normalized spacial score (nSPS) is 11.6. The van der Waals surface area contributed by atoms with Gasteiger partial charge < -0.3 is 9.47 Å². The highest BCUT2D eigenvalue weighted by atomic mass is 32.2. The van der Waals surface area contributed by atoms with Crippen LogP contribution in [0.2, 0.25) is 0 Å². The standard InChI is InChI=1S/C22H24N2O6S2/c1-15-13-16(2)22(32(27,28)24-18-7-11-20(30-4)12-8-18)14-21(15)31(25,26)23-17-5-9-19(29-3)10-6-17/h5-14,23-24H,1-4H3. The van der Waals surface area contributed by atoms with Crippen LogP contribution >= 0.6 is 0 Å². The van der Waals surface area contributed by atoms with Gasteiger partial charge in [0.05, 0.1) is 24.0 Å². The van der Waals surface area contributed by atoms with Crippen molar-refractivity contribution in [1.29, 1.82) is 0 Å². The molecule has 0 aliphatic carbocycles. The van der Waals surface area contributed by atoms with E-state index in [0.717, 1.165) is 0 Å². The number of benzene rings is 3. The Bertz CT molecular complexity index is 1220. The van der Waals surface area contributed by atoms with Gasteiger partial charge in [-0.3, -0.25) is 9.44 Å². The van der Waals surface area contributed by atoms with Crippen LogP contribution in [0.15, 0.2) is 70.5 Å². The number of hydrogen-bond donors (Lipinski definition) is 2. The fourth-order valence-corrected chi connectivity index (χ4v) is 5.83. The summed E-state index contributed by atoms with van der Waals surface area (Å²) < 4.78 is 67.2. The molecule has 0 atom stereocenters. The van der Waals surface area contributed by atoms with E-state index in [4.69, 9.17) is 9.47 Å². The highest BCUT2D eigenvalue weighted by molar-refractivity contribution is 7.93. The van der Waals surface area contributed by atoms with E-state index in [1.807, 2.05) is 0 Å². The second-order valence-electron chi connectivity index (χ2n) is 7.05. The van der Waals surface area contributed by atoms with Gasteiger partial charge in [0.15, 0.2) is 0 Å². The first-order valence-corrected chi connectivity index (χ1v) is 12.5. The summed E-state index contributed by atoms with van der Waals surface area (Å²) in [5, 5.41) is 0. The van der Waals surface area contributed by atoms with E-state index in [0.29, 0.717) is 34.0 Å². The topological polar surface area (TPSA) is 111 Å². The molecule has 0 aromatic heterocycles. The van der Waals surface area contributed by atoms with E-state index in [1.54, 1.807) is 62.4 Å². The van der Waals surface area contributed by atoms with Gasteiger partial charge in [0, 0.05) is 11.4 Å². The number of methoxy groups -OCH3 is 2. The fraction of sp³-hybridized carbons (Fsp3) is 0.182. The first kappa shape index (κ1) is 23.4. The molecule has 170 valence electrons. The van der Waals surface area contributed by atoms with Crippen LogP contribution in [0, 0.1) is 13.8 Å². The molecule has 32 heavy (non-hydrogen) atoms. The lowest BCUT2D eigenvalue weighted by Gasteiger charge is -2.15. The highest BCUT2D eigenvalue weighted by Crippen LogP contribution is 2.28. The predicted molar refractivity (Wildman–Crippen MR) is 124 cm³/mol. The maximum absolute atomic E-state index is 13.0. The number of hydrogen-bond acceptors (Lipinski definition) is 6. The largest absolute Gasteiger partial charge is 0.497 e. The van der Waals surface area contributed by atoms with Crippen LogP contribution in [0.3, 0.4) is 0 Å². The Kier molecular flexibility index (Phi) is 6.65. The lowest BCUT2D eigenvalue weighted by atomic mass is 10.2. The predicted octanol–water partition coefficient (Wildman–Crippen LogP) is 3.92. The van der Waals surface area contributed by atoms with Crippen LogP contribution in [0.4, 0.5) is 11.4 Å². The van der Waals surface area contributed by atoms with Gasteiger partial charge in [-0.2, -0.15) is 0 Å². The van der Waals surface area contributed by atoms with Crippen molar-refractivity contribution in [3.8, 4) is 11.5 Å². The molecule has 0 bridgehead atoms. The molecule has 0 fully saturated rings. The zero-order valence-corrected chi connectivity index (χ0v) is 19.7. The quantitative estimate of drug-likeness (QED) is 0.510. The molecule has 0 saturated heterocycles. The van der Waals surface area contributed by atoms with Gasteiger partial charge in [-0.05, 0) is 79.6 Å². The first-order valence-electron chi connectivity index (χ1n) is 9.51. The molecule has 0 aliphatic rings. The number of anilines is 2. The van der Waals surface area contributed by atoms with Crippen LogP contribution in [-0.2, 0) is 20.0 Å². The number of sulfonamides is 2. The van der Waals surface area contributed by atoms with Crippen molar-refractivity contribution in [3.05, 3.63) is 71.8 Å². The Morgan fingerprint density at radius 3 is 1.25 bits per heavy atom. The first-order chi connectivity index (χ1) is 15.1. The fourth-order valence-electron chi connectivity index (χ4n) is 3.13. The third-order valence-electron chi connectivity index (χ3n) is 4.74. The molecule has 0 amide bonds. The molecule has 0 unspecified atom stereocenters. The van der Waals surface area contributed by atoms with Gasteiger partial charge in [0.2, 0.25) is 0 Å². The minimum Gasteiger partial charge on any atom is -0.497 e. The lowest BCUT2D eigenvalue weighted by Crippen LogP contribution is -2.18. The Labute approximate surface area is 188 Å². The van der Waals surface area contributed by atoms with Crippen LogP contribution in [0.5, 0.6) is 11.5 Å². The number of nitrogens with one attached hydrogen (secondary N) is 2. The van der Waals surface area contributed by atoms with E-state index >= 15 is 0 Å². The van der Waals surface area contributed by atoms with Gasteiger partial charge >= 0.3 is 0 Å². The van der Waals surface area contributed by atoms with E-state index in [-0.39, 0.29) is 9.79 Å². The number of rotatable bonds is 8. The van der Waals surface area contributed by atoms with Crippen molar-refractivity contribution in [3.63, 3.8) is 0 Å². The summed E-state index contributed by atoms with van der Waals surface area (Å²) in [4.78, 5) is -0.261. The van der Waals surface area contributed by atoms with Crippen molar-refractivity contribution >= 4 is 31.4 Å². The minimum absolute atomic E-state index is 0.131.